The van der Waals surface area contributed by atoms with Crippen LogP contribution >= 0.6 is 11.3 Å². The summed E-state index contributed by atoms with van der Waals surface area (Å²) in [4.78, 5) is 24.2. The summed E-state index contributed by atoms with van der Waals surface area (Å²) in [6, 6.07) is 0.114. The van der Waals surface area contributed by atoms with Gasteiger partial charge in [0.15, 0.2) is 0 Å². The molecule has 1 saturated carbocycles. The Morgan fingerprint density at radius 3 is 2.37 bits per heavy atom. The van der Waals surface area contributed by atoms with Crippen LogP contribution in [0.1, 0.15) is 46.5 Å². The molecule has 0 aliphatic heterocycles. The smallest absolute Gasteiger partial charge is 0.306 e. The van der Waals surface area contributed by atoms with Crippen LogP contribution in [0.3, 0.4) is 0 Å². The molecule has 0 spiro atoms. The van der Waals surface area contributed by atoms with Crippen molar-refractivity contribution in [2.75, 3.05) is 0 Å². The van der Waals surface area contributed by atoms with Gasteiger partial charge < -0.3 is 10.4 Å². The predicted octanol–water partition coefficient (Wildman–Crippen LogP) is 2.74. The van der Waals surface area contributed by atoms with E-state index in [-0.39, 0.29) is 17.9 Å². The molecule has 0 unspecified atom stereocenters. The fraction of sp³-hybridized carbons (Fsp3) is 0.571. The molecule has 1 fully saturated rings. The molecule has 2 N–H and O–H groups in total. The highest BCUT2D eigenvalue weighted by atomic mass is 32.1. The van der Waals surface area contributed by atoms with Crippen LogP contribution < -0.4 is 5.32 Å². The highest BCUT2D eigenvalue weighted by Gasteiger charge is 2.27. The molecule has 1 aromatic heterocycles. The Bertz CT molecular complexity index is 487. The van der Waals surface area contributed by atoms with Crippen LogP contribution in [0.25, 0.3) is 0 Å². The van der Waals surface area contributed by atoms with Crippen LogP contribution in [-0.4, -0.2) is 23.0 Å². The minimum Gasteiger partial charge on any atom is -0.481 e. The first-order chi connectivity index (χ1) is 8.99. The molecular weight excluding hydrogens is 262 g/mol. The van der Waals surface area contributed by atoms with E-state index in [1.54, 1.807) is 11.3 Å². The molecule has 0 saturated heterocycles. The summed E-state index contributed by atoms with van der Waals surface area (Å²) in [5.74, 6) is -0.979. The van der Waals surface area contributed by atoms with Gasteiger partial charge in [0.05, 0.1) is 11.5 Å². The molecular formula is C14H19NO3S. The van der Waals surface area contributed by atoms with Crippen molar-refractivity contribution in [3.63, 3.8) is 0 Å². The number of carbonyl (C=O) groups is 2. The molecule has 0 aromatic carbocycles. The van der Waals surface area contributed by atoms with Crippen molar-refractivity contribution in [3.8, 4) is 0 Å². The molecule has 104 valence electrons. The van der Waals surface area contributed by atoms with Gasteiger partial charge in [-0.2, -0.15) is 0 Å². The lowest BCUT2D eigenvalue weighted by molar-refractivity contribution is -0.142. The number of carboxylic acid groups (broad SMARTS) is 1. The first kappa shape index (κ1) is 14.1. The van der Waals surface area contributed by atoms with Gasteiger partial charge >= 0.3 is 5.97 Å². The van der Waals surface area contributed by atoms with E-state index < -0.39 is 5.97 Å². The molecule has 19 heavy (non-hydrogen) atoms. The summed E-state index contributed by atoms with van der Waals surface area (Å²) in [5, 5.41) is 13.9. The van der Waals surface area contributed by atoms with E-state index in [4.69, 9.17) is 5.11 Å². The zero-order valence-electron chi connectivity index (χ0n) is 11.2. The van der Waals surface area contributed by atoms with Crippen molar-refractivity contribution in [2.45, 2.75) is 45.6 Å². The zero-order chi connectivity index (χ0) is 14.0. The number of aryl methyl sites for hydroxylation is 1. The van der Waals surface area contributed by atoms with Gasteiger partial charge in [0.25, 0.3) is 5.91 Å². The van der Waals surface area contributed by atoms with Crippen molar-refractivity contribution in [2.24, 2.45) is 5.92 Å². The average Bonchev–Trinajstić information content (AvgIpc) is 2.70. The Balaban J connectivity index is 1.91. The van der Waals surface area contributed by atoms with Gasteiger partial charge in [0, 0.05) is 16.3 Å². The normalized spacial score (nSPS) is 23.1. The maximum absolute atomic E-state index is 12.1. The summed E-state index contributed by atoms with van der Waals surface area (Å²) in [6.45, 7) is 3.97. The Morgan fingerprint density at radius 1 is 1.26 bits per heavy atom. The maximum Gasteiger partial charge on any atom is 0.306 e. The predicted molar refractivity (Wildman–Crippen MR) is 74.6 cm³/mol. The molecule has 4 nitrogen and oxygen atoms in total. The second-order valence-corrected chi connectivity index (χ2v) is 6.27. The van der Waals surface area contributed by atoms with E-state index in [1.165, 1.54) is 4.88 Å². The van der Waals surface area contributed by atoms with Crippen molar-refractivity contribution < 1.29 is 14.7 Å². The quantitative estimate of drug-likeness (QED) is 0.895. The lowest BCUT2D eigenvalue weighted by Gasteiger charge is -2.26. The summed E-state index contributed by atoms with van der Waals surface area (Å²) < 4.78 is 0. The third kappa shape index (κ3) is 3.15. The molecule has 5 heteroatoms. The summed E-state index contributed by atoms with van der Waals surface area (Å²) >= 11 is 1.59. The SMILES string of the molecule is Cc1scc(C(=O)NC2CCC(C(=O)O)CC2)c1C. The molecule has 0 radical (unpaired) electrons. The number of thiophene rings is 1. The molecule has 0 bridgehead atoms. The largest absolute Gasteiger partial charge is 0.481 e. The van der Waals surface area contributed by atoms with E-state index in [0.29, 0.717) is 12.8 Å². The van der Waals surface area contributed by atoms with Crippen LogP contribution in [-0.2, 0) is 4.79 Å². The number of rotatable bonds is 3. The van der Waals surface area contributed by atoms with Gasteiger partial charge in [-0.05, 0) is 45.1 Å². The van der Waals surface area contributed by atoms with Gasteiger partial charge in [-0.3, -0.25) is 9.59 Å². The standard InChI is InChI=1S/C14H19NO3S/c1-8-9(2)19-7-12(8)13(16)15-11-5-3-10(4-6-11)14(17)18/h7,10-11H,3-6H2,1-2H3,(H,15,16)(H,17,18). The van der Waals surface area contributed by atoms with E-state index in [9.17, 15) is 9.59 Å². The highest BCUT2D eigenvalue weighted by molar-refractivity contribution is 7.10. The number of hydrogen-bond donors (Lipinski definition) is 2. The Hall–Kier alpha value is -1.36. The fourth-order valence-corrected chi connectivity index (χ4v) is 3.35. The van der Waals surface area contributed by atoms with Gasteiger partial charge in [0.2, 0.25) is 0 Å². The third-order valence-corrected chi connectivity index (χ3v) is 4.96. The zero-order valence-corrected chi connectivity index (χ0v) is 12.0. The molecule has 2 rings (SSSR count). The van der Waals surface area contributed by atoms with E-state index in [2.05, 4.69) is 5.32 Å². The minimum absolute atomic E-state index is 0.0272. The summed E-state index contributed by atoms with van der Waals surface area (Å²) in [7, 11) is 0. The van der Waals surface area contributed by atoms with Crippen LogP contribution in [0, 0.1) is 19.8 Å². The number of carboxylic acids is 1. The monoisotopic (exact) mass is 281 g/mol. The molecule has 1 aromatic rings. The first-order valence-corrected chi connectivity index (χ1v) is 7.45. The van der Waals surface area contributed by atoms with E-state index >= 15 is 0 Å². The summed E-state index contributed by atoms with van der Waals surface area (Å²) in [5.41, 5.74) is 1.80. The topological polar surface area (TPSA) is 66.4 Å². The third-order valence-electron chi connectivity index (χ3n) is 3.94. The Labute approximate surface area is 116 Å². The first-order valence-electron chi connectivity index (χ1n) is 6.57. The van der Waals surface area contributed by atoms with Crippen LogP contribution in [0.4, 0.5) is 0 Å². The molecule has 1 heterocycles. The maximum atomic E-state index is 12.1. The van der Waals surface area contributed by atoms with Gasteiger partial charge in [-0.1, -0.05) is 0 Å². The Morgan fingerprint density at radius 2 is 1.89 bits per heavy atom. The lowest BCUT2D eigenvalue weighted by Crippen LogP contribution is -2.38. The van der Waals surface area contributed by atoms with Crippen LogP contribution in [0.5, 0.6) is 0 Å². The highest BCUT2D eigenvalue weighted by Crippen LogP contribution is 2.25. The van der Waals surface area contributed by atoms with Gasteiger partial charge in [0.1, 0.15) is 0 Å². The van der Waals surface area contributed by atoms with Gasteiger partial charge in [-0.25, -0.2) is 0 Å². The van der Waals surface area contributed by atoms with Gasteiger partial charge in [-0.15, -0.1) is 11.3 Å². The molecule has 1 amide bonds. The number of carbonyl (C=O) groups excluding carboxylic acids is 1. The lowest BCUT2D eigenvalue weighted by atomic mass is 9.86. The Kier molecular flexibility index (Phi) is 4.24. The van der Waals surface area contributed by atoms with E-state index in [0.717, 1.165) is 24.0 Å². The summed E-state index contributed by atoms with van der Waals surface area (Å²) in [6.07, 6.45) is 2.82. The van der Waals surface area contributed by atoms with Crippen LogP contribution in [0.15, 0.2) is 5.38 Å². The van der Waals surface area contributed by atoms with E-state index in [1.807, 2.05) is 19.2 Å². The van der Waals surface area contributed by atoms with Crippen LogP contribution in [0.2, 0.25) is 0 Å². The molecule has 1 aliphatic rings. The number of hydrogen-bond acceptors (Lipinski definition) is 3. The second-order valence-electron chi connectivity index (χ2n) is 5.19. The molecule has 0 atom stereocenters. The number of nitrogens with one attached hydrogen (secondary N) is 1. The van der Waals surface area contributed by atoms with Crippen molar-refractivity contribution in [1.29, 1.82) is 0 Å². The van der Waals surface area contributed by atoms with Crippen molar-refractivity contribution in [1.82, 2.24) is 5.32 Å². The second kappa shape index (κ2) is 5.74. The number of aliphatic carboxylic acids is 1. The average molecular weight is 281 g/mol. The van der Waals surface area contributed by atoms with Crippen molar-refractivity contribution >= 4 is 23.2 Å². The minimum atomic E-state index is -0.714. The fourth-order valence-electron chi connectivity index (χ4n) is 2.49. The molecule has 1 aliphatic carbocycles. The van der Waals surface area contributed by atoms with Crippen molar-refractivity contribution in [3.05, 3.63) is 21.4 Å². The number of amides is 1.